The van der Waals surface area contributed by atoms with Gasteiger partial charge in [0.15, 0.2) is 5.13 Å². The van der Waals surface area contributed by atoms with E-state index in [1.54, 1.807) is 35.4 Å². The van der Waals surface area contributed by atoms with Crippen LogP contribution >= 0.6 is 11.3 Å². The molecule has 162 valence electrons. The lowest BCUT2D eigenvalue weighted by atomic mass is 10.1. The second-order valence-electron chi connectivity index (χ2n) is 6.84. The number of esters is 1. The van der Waals surface area contributed by atoms with Crippen molar-refractivity contribution in [1.29, 1.82) is 0 Å². The summed E-state index contributed by atoms with van der Waals surface area (Å²) in [4.78, 5) is 35.8. The van der Waals surface area contributed by atoms with Gasteiger partial charge >= 0.3 is 5.97 Å². The minimum atomic E-state index is -0.453. The van der Waals surface area contributed by atoms with Gasteiger partial charge in [0.25, 0.3) is 5.91 Å². The van der Waals surface area contributed by atoms with Gasteiger partial charge in [-0.3, -0.25) is 14.7 Å². The number of amides is 1. The number of anilines is 1. The number of hydrogen-bond donors (Lipinski definition) is 0. The molecule has 0 atom stereocenters. The summed E-state index contributed by atoms with van der Waals surface area (Å²) < 4.78 is 11.2. The Balaban J connectivity index is 1.70. The quantitative estimate of drug-likeness (QED) is 0.381. The Morgan fingerprint density at radius 2 is 1.81 bits per heavy atom. The fourth-order valence-corrected chi connectivity index (χ4v) is 4.16. The SMILES string of the molecule is CCOc1ccc2nc(N(Cc3ccccn3)C(=O)c3ccc(C(=O)OC)cc3)sc2c1. The lowest BCUT2D eigenvalue weighted by molar-refractivity contribution is 0.0600. The van der Waals surface area contributed by atoms with E-state index >= 15 is 0 Å². The third-order valence-corrected chi connectivity index (χ3v) is 5.78. The van der Waals surface area contributed by atoms with Gasteiger partial charge in [-0.25, -0.2) is 9.78 Å². The second-order valence-corrected chi connectivity index (χ2v) is 7.85. The molecule has 0 fully saturated rings. The summed E-state index contributed by atoms with van der Waals surface area (Å²) in [6.45, 7) is 2.76. The van der Waals surface area contributed by atoms with Crippen molar-refractivity contribution in [2.75, 3.05) is 18.6 Å². The monoisotopic (exact) mass is 447 g/mol. The van der Waals surface area contributed by atoms with Gasteiger partial charge in [0.05, 0.1) is 41.7 Å². The van der Waals surface area contributed by atoms with Gasteiger partial charge in [-0.2, -0.15) is 0 Å². The van der Waals surface area contributed by atoms with Crippen molar-refractivity contribution >= 4 is 38.6 Å². The molecule has 0 aliphatic heterocycles. The fraction of sp³-hybridized carbons (Fsp3) is 0.167. The van der Waals surface area contributed by atoms with E-state index in [1.165, 1.54) is 18.4 Å². The molecule has 2 heterocycles. The first kappa shape index (κ1) is 21.5. The van der Waals surface area contributed by atoms with Gasteiger partial charge < -0.3 is 9.47 Å². The average Bonchev–Trinajstić information content (AvgIpc) is 3.25. The molecular weight excluding hydrogens is 426 g/mol. The number of rotatable bonds is 7. The van der Waals surface area contributed by atoms with Gasteiger partial charge in [-0.1, -0.05) is 17.4 Å². The number of pyridine rings is 1. The number of fused-ring (bicyclic) bond motifs is 1. The number of methoxy groups -OCH3 is 1. The van der Waals surface area contributed by atoms with Gasteiger partial charge in [-0.15, -0.1) is 0 Å². The van der Waals surface area contributed by atoms with Crippen molar-refractivity contribution in [1.82, 2.24) is 9.97 Å². The highest BCUT2D eigenvalue weighted by molar-refractivity contribution is 7.22. The predicted octanol–water partition coefficient (Wildman–Crippen LogP) is 4.72. The Hall–Kier alpha value is -3.78. The Morgan fingerprint density at radius 1 is 1.03 bits per heavy atom. The number of aromatic nitrogens is 2. The van der Waals surface area contributed by atoms with E-state index in [9.17, 15) is 9.59 Å². The molecule has 0 saturated heterocycles. The molecule has 0 aliphatic rings. The van der Waals surface area contributed by atoms with E-state index in [2.05, 4.69) is 9.97 Å². The van der Waals surface area contributed by atoms with Gasteiger partial charge in [0.1, 0.15) is 5.75 Å². The van der Waals surface area contributed by atoms with E-state index in [-0.39, 0.29) is 12.5 Å². The number of carbonyl (C=O) groups is 2. The highest BCUT2D eigenvalue weighted by Crippen LogP contribution is 2.33. The van der Waals surface area contributed by atoms with Crippen LogP contribution in [0, 0.1) is 0 Å². The van der Waals surface area contributed by atoms with Crippen LogP contribution in [0.25, 0.3) is 10.2 Å². The zero-order chi connectivity index (χ0) is 22.5. The molecule has 1 amide bonds. The first-order valence-corrected chi connectivity index (χ1v) is 10.8. The maximum absolute atomic E-state index is 13.5. The van der Waals surface area contributed by atoms with E-state index in [1.807, 2.05) is 43.3 Å². The Bertz CT molecular complexity index is 1240. The number of hydrogen-bond acceptors (Lipinski definition) is 7. The van der Waals surface area contributed by atoms with Crippen LogP contribution in [0.2, 0.25) is 0 Å². The van der Waals surface area contributed by atoms with Crippen LogP contribution < -0.4 is 9.64 Å². The molecule has 0 unspecified atom stereocenters. The summed E-state index contributed by atoms with van der Waals surface area (Å²) in [6, 6.07) is 17.6. The molecule has 0 radical (unpaired) electrons. The topological polar surface area (TPSA) is 81.6 Å². The number of thiazole rings is 1. The van der Waals surface area contributed by atoms with Gasteiger partial charge in [0.2, 0.25) is 0 Å². The van der Waals surface area contributed by atoms with Crippen molar-refractivity contribution in [3.05, 3.63) is 83.7 Å². The molecule has 32 heavy (non-hydrogen) atoms. The van der Waals surface area contributed by atoms with Crippen LogP contribution in [0.1, 0.15) is 33.3 Å². The lowest BCUT2D eigenvalue weighted by Crippen LogP contribution is -2.30. The third kappa shape index (κ3) is 4.60. The number of ether oxygens (including phenoxy) is 2. The molecule has 0 N–H and O–H groups in total. The normalized spacial score (nSPS) is 10.7. The van der Waals surface area contributed by atoms with Crippen LogP contribution in [0.3, 0.4) is 0 Å². The van der Waals surface area contributed by atoms with Crippen LogP contribution in [0.4, 0.5) is 5.13 Å². The minimum absolute atomic E-state index is 0.240. The standard InChI is InChI=1S/C24H21N3O4S/c1-3-31-19-11-12-20-21(14-19)32-24(26-20)27(15-18-6-4-5-13-25-18)22(28)16-7-9-17(10-8-16)23(29)30-2/h4-14H,3,15H2,1-2H3. The van der Waals surface area contributed by atoms with Crippen molar-refractivity contribution in [3.63, 3.8) is 0 Å². The molecule has 4 rings (SSSR count). The average molecular weight is 448 g/mol. The summed E-state index contributed by atoms with van der Waals surface area (Å²) in [5.41, 5.74) is 2.33. The molecule has 0 saturated carbocycles. The number of benzene rings is 2. The summed E-state index contributed by atoms with van der Waals surface area (Å²) in [6.07, 6.45) is 1.69. The van der Waals surface area contributed by atoms with Crippen molar-refractivity contribution in [3.8, 4) is 5.75 Å². The van der Waals surface area contributed by atoms with Crippen molar-refractivity contribution < 1.29 is 19.1 Å². The zero-order valence-electron chi connectivity index (χ0n) is 17.6. The molecule has 0 aliphatic carbocycles. The molecule has 2 aromatic heterocycles. The molecule has 4 aromatic rings. The Morgan fingerprint density at radius 3 is 2.50 bits per heavy atom. The fourth-order valence-electron chi connectivity index (χ4n) is 3.17. The summed E-state index contributed by atoms with van der Waals surface area (Å²) in [5.74, 6) is 0.0676. The molecule has 8 heteroatoms. The smallest absolute Gasteiger partial charge is 0.337 e. The summed E-state index contributed by atoms with van der Waals surface area (Å²) >= 11 is 1.41. The molecule has 0 spiro atoms. The van der Waals surface area contributed by atoms with Crippen LogP contribution in [0.15, 0.2) is 66.9 Å². The highest BCUT2D eigenvalue weighted by atomic mass is 32.1. The highest BCUT2D eigenvalue weighted by Gasteiger charge is 2.23. The van der Waals surface area contributed by atoms with Crippen molar-refractivity contribution in [2.24, 2.45) is 0 Å². The summed E-state index contributed by atoms with van der Waals surface area (Å²) in [7, 11) is 1.32. The molecular formula is C24H21N3O4S. The van der Waals surface area contributed by atoms with E-state index in [0.717, 1.165) is 21.7 Å². The maximum atomic E-state index is 13.5. The van der Waals surface area contributed by atoms with Gasteiger partial charge in [-0.05, 0) is 61.5 Å². The largest absolute Gasteiger partial charge is 0.494 e. The Kier molecular flexibility index (Phi) is 6.42. The first-order valence-electron chi connectivity index (χ1n) is 10.0. The van der Waals surface area contributed by atoms with Crippen molar-refractivity contribution in [2.45, 2.75) is 13.5 Å². The second kappa shape index (κ2) is 9.57. The summed E-state index contributed by atoms with van der Waals surface area (Å²) in [5, 5.41) is 0.557. The molecule has 2 aromatic carbocycles. The molecule has 7 nitrogen and oxygen atoms in total. The third-order valence-electron chi connectivity index (χ3n) is 4.73. The van der Waals surface area contributed by atoms with Crippen LogP contribution in [0.5, 0.6) is 5.75 Å². The molecule has 0 bridgehead atoms. The lowest BCUT2D eigenvalue weighted by Gasteiger charge is -2.19. The maximum Gasteiger partial charge on any atom is 0.337 e. The number of carbonyl (C=O) groups excluding carboxylic acids is 2. The van der Waals surface area contributed by atoms with Crippen LogP contribution in [-0.4, -0.2) is 35.6 Å². The van der Waals surface area contributed by atoms with E-state index < -0.39 is 5.97 Å². The number of nitrogens with zero attached hydrogens (tertiary/aromatic N) is 3. The first-order chi connectivity index (χ1) is 15.6. The van der Waals surface area contributed by atoms with E-state index in [0.29, 0.717) is 22.9 Å². The Labute approximate surface area is 189 Å². The van der Waals surface area contributed by atoms with E-state index in [4.69, 9.17) is 9.47 Å². The predicted molar refractivity (Wildman–Crippen MR) is 123 cm³/mol. The van der Waals surface area contributed by atoms with Crippen LogP contribution in [-0.2, 0) is 11.3 Å². The zero-order valence-corrected chi connectivity index (χ0v) is 18.5. The minimum Gasteiger partial charge on any atom is -0.494 e. The van der Waals surface area contributed by atoms with Gasteiger partial charge in [0, 0.05) is 11.8 Å².